The molecule has 1 heterocycles. The van der Waals surface area contributed by atoms with Crippen molar-refractivity contribution in [1.29, 1.82) is 0 Å². The maximum atomic E-state index is 13.3. The number of ether oxygens (including phenoxy) is 1. The first-order chi connectivity index (χ1) is 12.3. The van der Waals surface area contributed by atoms with Crippen molar-refractivity contribution in [2.45, 2.75) is 18.8 Å². The Morgan fingerprint density at radius 1 is 0.846 bits per heavy atom. The van der Waals surface area contributed by atoms with E-state index in [1.807, 2.05) is 31.2 Å². The molecule has 0 spiro atoms. The van der Waals surface area contributed by atoms with Crippen LogP contribution in [-0.2, 0) is 0 Å². The van der Waals surface area contributed by atoms with Crippen LogP contribution in [0.3, 0.4) is 0 Å². The molecule has 26 heavy (non-hydrogen) atoms. The summed E-state index contributed by atoms with van der Waals surface area (Å²) in [5.74, 6) is -1.32. The van der Waals surface area contributed by atoms with E-state index < -0.39 is 24.9 Å². The number of nitrogens with zero attached hydrogens (tertiary/aromatic N) is 1. The van der Waals surface area contributed by atoms with Gasteiger partial charge in [-0.1, -0.05) is 11.8 Å². The first kappa shape index (κ1) is 18.1. The summed E-state index contributed by atoms with van der Waals surface area (Å²) in [6.45, 7) is 0.516. The molecule has 2 nitrogen and oxygen atoms in total. The highest BCUT2D eigenvalue weighted by atomic mass is 19.3. The zero-order chi connectivity index (χ0) is 18.8. The van der Waals surface area contributed by atoms with Crippen LogP contribution >= 0.6 is 0 Å². The molecule has 0 radical (unpaired) electrons. The smallest absolute Gasteiger partial charge is 0.329 e. The Bertz CT molecular complexity index is 804. The quantitative estimate of drug-likeness (QED) is 0.585. The highest BCUT2D eigenvalue weighted by molar-refractivity contribution is 5.53. The average molecular weight is 363 g/mol. The molecule has 1 fully saturated rings. The van der Waals surface area contributed by atoms with Crippen molar-refractivity contribution in [3.05, 3.63) is 59.7 Å². The number of anilines is 1. The Kier molecular flexibility index (Phi) is 4.82. The van der Waals surface area contributed by atoms with E-state index in [2.05, 4.69) is 11.8 Å². The van der Waals surface area contributed by atoms with E-state index >= 15 is 0 Å². The maximum Gasteiger partial charge on any atom is 0.329 e. The summed E-state index contributed by atoms with van der Waals surface area (Å²) in [5, 5.41) is 0. The fourth-order valence-corrected chi connectivity index (χ4v) is 2.65. The number of halogens is 4. The number of hydrogen-bond acceptors (Lipinski definition) is 2. The van der Waals surface area contributed by atoms with E-state index in [0.717, 1.165) is 16.2 Å². The zero-order valence-corrected chi connectivity index (χ0v) is 14.1. The summed E-state index contributed by atoms with van der Waals surface area (Å²) < 4.78 is 58.6. The van der Waals surface area contributed by atoms with Gasteiger partial charge in [-0.2, -0.15) is 17.6 Å². The highest BCUT2D eigenvalue weighted by Gasteiger charge is 2.62. The SMILES string of the molecule is CCOc1ccc(C#Cc2ccc(N3CC(F)(F)C(F)(F)C3)cc2)cc1. The number of benzene rings is 2. The predicted molar refractivity (Wildman–Crippen MR) is 92.1 cm³/mol. The summed E-state index contributed by atoms with van der Waals surface area (Å²) in [6, 6.07) is 13.6. The molecule has 2 aromatic carbocycles. The molecule has 0 bridgehead atoms. The maximum absolute atomic E-state index is 13.3. The topological polar surface area (TPSA) is 12.5 Å². The molecule has 1 saturated heterocycles. The molecule has 0 atom stereocenters. The summed E-state index contributed by atoms with van der Waals surface area (Å²) >= 11 is 0. The van der Waals surface area contributed by atoms with E-state index in [1.54, 1.807) is 12.1 Å². The molecule has 0 amide bonds. The van der Waals surface area contributed by atoms with Crippen molar-refractivity contribution >= 4 is 5.69 Å². The number of hydrogen-bond donors (Lipinski definition) is 0. The van der Waals surface area contributed by atoms with Gasteiger partial charge in [0.2, 0.25) is 0 Å². The number of rotatable bonds is 3. The molecule has 0 unspecified atom stereocenters. The van der Waals surface area contributed by atoms with Gasteiger partial charge >= 0.3 is 11.8 Å². The van der Waals surface area contributed by atoms with Gasteiger partial charge in [0, 0.05) is 16.8 Å². The summed E-state index contributed by atoms with van der Waals surface area (Å²) in [7, 11) is 0. The van der Waals surface area contributed by atoms with Crippen LogP contribution in [0.2, 0.25) is 0 Å². The minimum Gasteiger partial charge on any atom is -0.494 e. The monoisotopic (exact) mass is 363 g/mol. The average Bonchev–Trinajstić information content (AvgIpc) is 2.83. The second kappa shape index (κ2) is 6.91. The van der Waals surface area contributed by atoms with Gasteiger partial charge in [0.15, 0.2) is 0 Å². The van der Waals surface area contributed by atoms with Crippen LogP contribution < -0.4 is 9.64 Å². The molecule has 0 saturated carbocycles. The lowest BCUT2D eigenvalue weighted by Gasteiger charge is -2.16. The molecule has 136 valence electrons. The molecular formula is C20H17F4NO. The lowest BCUT2D eigenvalue weighted by atomic mass is 10.1. The summed E-state index contributed by atoms with van der Waals surface area (Å²) in [4.78, 5) is 0.990. The minimum absolute atomic E-state index is 0.327. The Balaban J connectivity index is 1.69. The van der Waals surface area contributed by atoms with Crippen molar-refractivity contribution in [3.63, 3.8) is 0 Å². The van der Waals surface area contributed by atoms with Crippen LogP contribution in [0.15, 0.2) is 48.5 Å². The third-order valence-electron chi connectivity index (χ3n) is 4.06. The Hall–Kier alpha value is -2.68. The van der Waals surface area contributed by atoms with E-state index in [9.17, 15) is 17.6 Å². The van der Waals surface area contributed by atoms with Gasteiger partial charge in [0.05, 0.1) is 19.7 Å². The van der Waals surface area contributed by atoms with Crippen molar-refractivity contribution in [2.75, 3.05) is 24.6 Å². The van der Waals surface area contributed by atoms with E-state index in [1.165, 1.54) is 12.1 Å². The Labute approximate surface area is 149 Å². The molecule has 6 heteroatoms. The highest BCUT2D eigenvalue weighted by Crippen LogP contribution is 2.42. The van der Waals surface area contributed by atoms with Crippen molar-refractivity contribution in [2.24, 2.45) is 0 Å². The van der Waals surface area contributed by atoms with Gasteiger partial charge < -0.3 is 9.64 Å². The predicted octanol–water partition coefficient (Wildman–Crippen LogP) is 4.58. The van der Waals surface area contributed by atoms with Crippen LogP contribution in [0.25, 0.3) is 0 Å². The van der Waals surface area contributed by atoms with Gasteiger partial charge in [-0.3, -0.25) is 0 Å². The van der Waals surface area contributed by atoms with Crippen LogP contribution in [-0.4, -0.2) is 31.5 Å². The molecule has 2 aromatic rings. The van der Waals surface area contributed by atoms with E-state index in [-0.39, 0.29) is 0 Å². The Morgan fingerprint density at radius 3 is 1.77 bits per heavy atom. The van der Waals surface area contributed by atoms with Crippen molar-refractivity contribution in [3.8, 4) is 17.6 Å². The van der Waals surface area contributed by atoms with Gasteiger partial charge in [-0.25, -0.2) is 0 Å². The number of alkyl halides is 4. The molecule has 1 aliphatic heterocycles. The largest absolute Gasteiger partial charge is 0.494 e. The lowest BCUT2D eigenvalue weighted by molar-refractivity contribution is -0.172. The summed E-state index contributed by atoms with van der Waals surface area (Å²) in [6.07, 6.45) is 0. The first-order valence-electron chi connectivity index (χ1n) is 8.16. The molecule has 0 N–H and O–H groups in total. The van der Waals surface area contributed by atoms with Crippen molar-refractivity contribution < 1.29 is 22.3 Å². The van der Waals surface area contributed by atoms with Crippen LogP contribution in [0, 0.1) is 11.8 Å². The van der Waals surface area contributed by atoms with Gasteiger partial charge in [-0.15, -0.1) is 0 Å². The normalized spacial score (nSPS) is 17.5. The van der Waals surface area contributed by atoms with Gasteiger partial charge in [0.1, 0.15) is 5.75 Å². The van der Waals surface area contributed by atoms with E-state index in [4.69, 9.17) is 4.74 Å². The molecular weight excluding hydrogens is 346 g/mol. The fourth-order valence-electron chi connectivity index (χ4n) is 2.65. The van der Waals surface area contributed by atoms with Crippen LogP contribution in [0.1, 0.15) is 18.1 Å². The third-order valence-corrected chi connectivity index (χ3v) is 4.06. The fraction of sp³-hybridized carbons (Fsp3) is 0.300. The third kappa shape index (κ3) is 3.77. The minimum atomic E-state index is -4.01. The molecule has 0 aromatic heterocycles. The molecule has 3 rings (SSSR count). The molecule has 1 aliphatic rings. The van der Waals surface area contributed by atoms with Gasteiger partial charge in [0.25, 0.3) is 0 Å². The summed E-state index contributed by atoms with van der Waals surface area (Å²) in [5.41, 5.74) is 1.80. The van der Waals surface area contributed by atoms with Crippen molar-refractivity contribution in [1.82, 2.24) is 0 Å². The van der Waals surface area contributed by atoms with Crippen LogP contribution in [0.4, 0.5) is 23.2 Å². The standard InChI is InChI=1S/C20H17F4NO/c1-2-26-18-11-7-16(8-12-18)4-3-15-5-9-17(10-6-15)25-13-19(21,22)20(23,24)14-25/h5-12H,2,13-14H2,1H3. The van der Waals surface area contributed by atoms with Crippen LogP contribution in [0.5, 0.6) is 5.75 Å². The first-order valence-corrected chi connectivity index (χ1v) is 8.16. The lowest BCUT2D eigenvalue weighted by Crippen LogP contribution is -2.38. The molecule has 0 aliphatic carbocycles. The van der Waals surface area contributed by atoms with E-state index in [0.29, 0.717) is 17.9 Å². The van der Waals surface area contributed by atoms with Gasteiger partial charge in [-0.05, 0) is 55.5 Å². The second-order valence-corrected chi connectivity index (χ2v) is 6.02. The Morgan fingerprint density at radius 2 is 1.31 bits per heavy atom. The zero-order valence-electron chi connectivity index (χ0n) is 14.1. The second-order valence-electron chi connectivity index (χ2n) is 6.02.